The van der Waals surface area contributed by atoms with Gasteiger partial charge in [0.05, 0.1) is 49.2 Å². The number of rotatable bonds is 11. The maximum absolute atomic E-state index is 13.9. The molecule has 1 aliphatic carbocycles. The second-order valence-corrected chi connectivity index (χ2v) is 15.8. The smallest absolute Gasteiger partial charge is 0.407 e. The van der Waals surface area contributed by atoms with Gasteiger partial charge in [-0.15, -0.1) is 0 Å². The molecule has 4 atom stereocenters. The minimum atomic E-state index is -0.688. The summed E-state index contributed by atoms with van der Waals surface area (Å²) >= 11 is 0. The van der Waals surface area contributed by atoms with Crippen LogP contribution in [0.4, 0.5) is 4.79 Å². The molecule has 2 saturated heterocycles. The zero-order valence-electron chi connectivity index (χ0n) is 34.8. The predicted molar refractivity (Wildman–Crippen MR) is 251 cm³/mol. The third-order valence-corrected chi connectivity index (χ3v) is 11.2. The molecule has 3 N–H and O–H groups in total. The van der Waals surface area contributed by atoms with Crippen LogP contribution in [0.25, 0.3) is 22.3 Å². The fourth-order valence-electron chi connectivity index (χ4n) is 7.88. The molecule has 0 radical (unpaired) electrons. The summed E-state index contributed by atoms with van der Waals surface area (Å²) in [4.78, 5) is 73.5. The first-order chi connectivity index (χ1) is 27.0. The topological polar surface area (TPSA) is 167 Å². The summed E-state index contributed by atoms with van der Waals surface area (Å²) in [5.74, 6) is 7.77. The Morgan fingerprint density at radius 2 is 1.60 bits per heavy atom. The largest absolute Gasteiger partial charge is 0.453 e. The van der Waals surface area contributed by atoms with Gasteiger partial charge in [-0.25, -0.2) is 19.8 Å². The molecule has 2 aromatic heterocycles. The van der Waals surface area contributed by atoms with E-state index in [-0.39, 0.29) is 95.1 Å². The molecule has 1 spiro atoms. The maximum atomic E-state index is 13.9. The lowest BCUT2D eigenvalue weighted by Gasteiger charge is -2.30. The fraction of sp³-hybridized carbons (Fsp3) is 0.476. The van der Waals surface area contributed by atoms with Crippen molar-refractivity contribution in [3.63, 3.8) is 0 Å². The number of nitrogens with one attached hydrogen (secondary N) is 3. The van der Waals surface area contributed by atoms with Gasteiger partial charge in [0.25, 0.3) is 0 Å². The van der Waals surface area contributed by atoms with Crippen LogP contribution in [0.5, 0.6) is 0 Å². The first-order valence-electron chi connectivity index (χ1n) is 19.3. The van der Waals surface area contributed by atoms with E-state index in [2.05, 4.69) is 42.0 Å². The second kappa shape index (κ2) is 21.5. The lowest BCUT2D eigenvalue weighted by molar-refractivity contribution is -0.188. The zero-order valence-corrected chi connectivity index (χ0v) is 38.8. The molecule has 18 heteroatoms. The summed E-state index contributed by atoms with van der Waals surface area (Å²) < 4.78 is 4.75. The van der Waals surface area contributed by atoms with Gasteiger partial charge in [0.1, 0.15) is 23.7 Å². The zero-order chi connectivity index (χ0) is 39.6. The molecule has 2 aromatic carbocycles. The number of ether oxygens (including phenoxy) is 1. The molecular formula is C42H58N8O6S4. The first-order valence-corrected chi connectivity index (χ1v) is 19.3. The van der Waals surface area contributed by atoms with E-state index in [0.29, 0.717) is 18.9 Å². The Labute approximate surface area is 379 Å². The molecule has 0 bridgehead atoms. The monoisotopic (exact) mass is 898 g/mol. The van der Waals surface area contributed by atoms with Gasteiger partial charge in [-0.1, -0.05) is 51.7 Å². The number of carbonyl (C=O) groups is 3. The summed E-state index contributed by atoms with van der Waals surface area (Å²) in [6, 6.07) is 12.2. The molecule has 0 unspecified atom stereocenters. The van der Waals surface area contributed by atoms with E-state index in [4.69, 9.17) is 14.6 Å². The minimum Gasteiger partial charge on any atom is -0.453 e. The van der Waals surface area contributed by atoms with Crippen molar-refractivity contribution in [1.29, 1.82) is 0 Å². The van der Waals surface area contributed by atoms with Crippen LogP contribution in [0.1, 0.15) is 94.7 Å². The highest BCUT2D eigenvalue weighted by atomic mass is 32.1. The summed E-state index contributed by atoms with van der Waals surface area (Å²) in [6.45, 7) is 9.05. The second-order valence-electron chi connectivity index (χ2n) is 15.8. The van der Waals surface area contributed by atoms with E-state index in [9.17, 15) is 14.4 Å². The number of nitrogens with zero attached hydrogens (tertiary/aromatic N) is 5. The molecule has 4 heterocycles. The van der Waals surface area contributed by atoms with Gasteiger partial charge >= 0.3 is 6.09 Å². The highest BCUT2D eigenvalue weighted by Gasteiger charge is 2.55. The number of imidazole rings is 2. The summed E-state index contributed by atoms with van der Waals surface area (Å²) in [6.07, 6.45) is 7.08. The van der Waals surface area contributed by atoms with Crippen molar-refractivity contribution in [2.75, 3.05) is 27.3 Å². The lowest BCUT2D eigenvalue weighted by Crippen LogP contribution is -2.51. The first kappa shape index (κ1) is 50.1. The molecule has 14 nitrogen and oxygen atoms in total. The molecular weight excluding hydrogens is 841 g/mol. The maximum Gasteiger partial charge on any atom is 0.407 e. The quantitative estimate of drug-likeness (QED) is 0.0503. The van der Waals surface area contributed by atoms with Crippen LogP contribution in [0, 0.1) is 29.1 Å². The van der Waals surface area contributed by atoms with E-state index < -0.39 is 18.2 Å². The van der Waals surface area contributed by atoms with Crippen LogP contribution >= 0.6 is 54.0 Å². The van der Waals surface area contributed by atoms with Gasteiger partial charge in [0.2, 0.25) is 18.2 Å². The Kier molecular flexibility index (Phi) is 17.9. The van der Waals surface area contributed by atoms with Gasteiger partial charge in [0.15, 0.2) is 0 Å². The minimum absolute atomic E-state index is 0. The van der Waals surface area contributed by atoms with Crippen molar-refractivity contribution in [2.24, 2.45) is 22.2 Å². The molecule has 4 aromatic rings. The Morgan fingerprint density at radius 3 is 2.25 bits per heavy atom. The van der Waals surface area contributed by atoms with E-state index >= 15 is 0 Å². The number of fused-ring (bicyclic) bond motifs is 1. The standard InChI is InChI=1S/C42H50N8O6.4H2S/c1-25(2)35(44-24-56-55-6)39(51)50-23-42(17-18-42)21-34(50)38-45-30-16-13-28(20-31(30)46-38)10-9-27-11-14-29(15-12-27)32-22-43-37(47-32)33-8-7-19-49(33)40(52)36(26(3)4)48-41(53)54-5;;;;/h11-16,20,22,24-26,33-36H,7-8,17-19,21,23H2,1-6H3,(H,43,47)(H,45,46)(H,48,53);4*1H2/t33-,34-,35-,36-;;;;/m0..../s1. The average molecular weight is 899 g/mol. The Balaban J connectivity index is 0.00000240. The van der Waals surface area contributed by atoms with Gasteiger partial charge in [-0.3, -0.25) is 9.59 Å². The van der Waals surface area contributed by atoms with Crippen LogP contribution in [-0.2, 0) is 24.1 Å². The Morgan fingerprint density at radius 1 is 0.900 bits per heavy atom. The van der Waals surface area contributed by atoms with Gasteiger partial charge in [-0.2, -0.15) is 58.9 Å². The van der Waals surface area contributed by atoms with Crippen molar-refractivity contribution in [3.05, 3.63) is 71.4 Å². The van der Waals surface area contributed by atoms with Gasteiger partial charge in [-0.05, 0) is 85.3 Å². The normalized spacial score (nSPS) is 18.5. The van der Waals surface area contributed by atoms with Crippen LogP contribution in [0.2, 0.25) is 0 Å². The van der Waals surface area contributed by atoms with Crippen LogP contribution in [-0.4, -0.2) is 93.4 Å². The molecule has 3 aliphatic rings. The number of aromatic amines is 2. The number of likely N-dealkylation sites (tertiary alicyclic amines) is 2. The number of aliphatic imine (C=N–C) groups is 1. The van der Waals surface area contributed by atoms with Crippen molar-refractivity contribution >= 4 is 89.3 Å². The third kappa shape index (κ3) is 11.0. The van der Waals surface area contributed by atoms with Crippen molar-refractivity contribution in [1.82, 2.24) is 35.1 Å². The van der Waals surface area contributed by atoms with E-state index in [1.54, 1.807) is 11.1 Å². The number of methoxy groups -OCH3 is 1. The fourth-order valence-corrected chi connectivity index (χ4v) is 7.88. The highest BCUT2D eigenvalue weighted by molar-refractivity contribution is 7.59. The molecule has 2 aliphatic heterocycles. The van der Waals surface area contributed by atoms with Crippen molar-refractivity contribution < 1.29 is 28.9 Å². The number of amides is 3. The van der Waals surface area contributed by atoms with Crippen molar-refractivity contribution in [3.8, 4) is 23.1 Å². The number of alkyl carbamates (subject to hydrolysis) is 1. The molecule has 60 heavy (non-hydrogen) atoms. The molecule has 1 saturated carbocycles. The number of hydrogen-bond donors (Lipinski definition) is 3. The number of hydrogen-bond acceptors (Lipinski definition) is 9. The van der Waals surface area contributed by atoms with Crippen LogP contribution in [0.15, 0.2) is 53.7 Å². The number of benzene rings is 2. The Bertz CT molecular complexity index is 2180. The third-order valence-electron chi connectivity index (χ3n) is 11.2. The molecule has 326 valence electrons. The summed E-state index contributed by atoms with van der Waals surface area (Å²) in [5, 5.41) is 2.69. The molecule has 3 amide bonds. The predicted octanol–water partition coefficient (Wildman–Crippen LogP) is 6.53. The van der Waals surface area contributed by atoms with E-state index in [1.165, 1.54) is 20.6 Å². The molecule has 7 rings (SSSR count). The summed E-state index contributed by atoms with van der Waals surface area (Å²) in [7, 11) is 2.69. The Hall–Kier alpha value is -4.28. The average Bonchev–Trinajstić information content (AvgIpc) is 3.68. The van der Waals surface area contributed by atoms with E-state index in [1.807, 2.05) is 75.1 Å². The SMILES string of the molecule is COOC=N[C@H](C(=O)N1CC2(CC2)C[C@H]1c1nc2ccc(C#Cc3ccc(-c4cnc([C@@H]5CCCN5C(=O)[C@@H](NC(=O)OC)C(C)C)[nH]4)cc3)cc2[nH]1)C(C)C.S.S.S.S. The lowest BCUT2D eigenvalue weighted by atomic mass is 10.0. The number of carbonyl (C=O) groups excluding carboxylic acids is 3. The van der Waals surface area contributed by atoms with Crippen LogP contribution in [0.3, 0.4) is 0 Å². The molecule has 3 fully saturated rings. The van der Waals surface area contributed by atoms with Crippen LogP contribution < -0.4 is 5.32 Å². The number of H-pyrrole nitrogens is 2. The van der Waals surface area contributed by atoms with Crippen molar-refractivity contribution in [2.45, 2.75) is 84.0 Å². The van der Waals surface area contributed by atoms with E-state index in [0.717, 1.165) is 71.3 Å². The van der Waals surface area contributed by atoms with Gasteiger partial charge < -0.3 is 34.7 Å². The highest BCUT2D eigenvalue weighted by Crippen LogP contribution is 2.58. The summed E-state index contributed by atoms with van der Waals surface area (Å²) in [5.41, 5.74) is 5.35. The number of aromatic nitrogens is 4. The van der Waals surface area contributed by atoms with Gasteiger partial charge in [0, 0.05) is 24.2 Å².